The second-order valence-corrected chi connectivity index (χ2v) is 5.00. The molecule has 1 aromatic rings. The smallest absolute Gasteiger partial charge is 0.255 e. The molecule has 0 spiro atoms. The van der Waals surface area contributed by atoms with Crippen LogP contribution in [0.15, 0.2) is 18.2 Å². The van der Waals surface area contributed by atoms with Crippen molar-refractivity contribution in [1.82, 2.24) is 4.90 Å². The Morgan fingerprint density at radius 1 is 1.56 bits per heavy atom. The number of aryl methyl sites for hydroxylation is 1. The normalized spacial score (nSPS) is 19.9. The van der Waals surface area contributed by atoms with Gasteiger partial charge < -0.3 is 9.64 Å². The van der Waals surface area contributed by atoms with E-state index in [1.807, 2.05) is 19.1 Å². The van der Waals surface area contributed by atoms with Gasteiger partial charge in [-0.1, -0.05) is 23.7 Å². The summed E-state index contributed by atoms with van der Waals surface area (Å²) in [7, 11) is 0. The summed E-state index contributed by atoms with van der Waals surface area (Å²) < 4.78 is 5.33. The van der Waals surface area contributed by atoms with E-state index in [2.05, 4.69) is 0 Å². The van der Waals surface area contributed by atoms with Gasteiger partial charge in [0.25, 0.3) is 5.91 Å². The molecule has 1 heterocycles. The number of carbonyl (C=O) groups excluding carboxylic acids is 1. The van der Waals surface area contributed by atoms with Gasteiger partial charge in [-0.05, 0) is 18.6 Å². The minimum absolute atomic E-state index is 0.0716. The maximum absolute atomic E-state index is 12.5. The number of ether oxygens (including phenoxy) is 1. The first kappa shape index (κ1) is 13.7. The van der Waals surface area contributed by atoms with Crippen LogP contribution >= 0.6 is 23.2 Å². The lowest BCUT2D eigenvalue weighted by Gasteiger charge is -2.34. The van der Waals surface area contributed by atoms with Crippen LogP contribution in [-0.4, -0.2) is 42.5 Å². The number of carbonyl (C=O) groups is 1. The Kier molecular flexibility index (Phi) is 4.49. The van der Waals surface area contributed by atoms with Crippen molar-refractivity contribution in [2.24, 2.45) is 0 Å². The van der Waals surface area contributed by atoms with Crippen molar-refractivity contribution < 1.29 is 9.53 Å². The monoisotopic (exact) mass is 287 g/mol. The molecule has 0 radical (unpaired) electrons. The predicted octanol–water partition coefficient (Wildman–Crippen LogP) is 2.73. The minimum Gasteiger partial charge on any atom is -0.377 e. The molecule has 1 unspecified atom stereocenters. The van der Waals surface area contributed by atoms with E-state index in [0.717, 1.165) is 5.56 Å². The van der Waals surface area contributed by atoms with Gasteiger partial charge in [0.2, 0.25) is 0 Å². The summed E-state index contributed by atoms with van der Waals surface area (Å²) in [5.74, 6) is 0.299. The first-order valence-corrected chi connectivity index (χ1v) is 6.76. The van der Waals surface area contributed by atoms with E-state index < -0.39 is 0 Å². The molecule has 5 heteroatoms. The zero-order valence-electron chi connectivity index (χ0n) is 10.2. The molecule has 0 aliphatic carbocycles. The number of benzene rings is 1. The highest BCUT2D eigenvalue weighted by Crippen LogP contribution is 2.23. The summed E-state index contributed by atoms with van der Waals surface area (Å²) >= 11 is 12.1. The topological polar surface area (TPSA) is 29.5 Å². The molecule has 1 aromatic carbocycles. The molecule has 98 valence electrons. The predicted molar refractivity (Wildman–Crippen MR) is 72.6 cm³/mol. The second kappa shape index (κ2) is 5.91. The van der Waals surface area contributed by atoms with Crippen molar-refractivity contribution in [2.75, 3.05) is 25.6 Å². The van der Waals surface area contributed by atoms with Crippen molar-refractivity contribution >= 4 is 29.1 Å². The third-order valence-electron chi connectivity index (χ3n) is 3.09. The fraction of sp³-hybridized carbons (Fsp3) is 0.462. The number of rotatable bonds is 2. The van der Waals surface area contributed by atoms with Crippen molar-refractivity contribution in [1.29, 1.82) is 0 Å². The van der Waals surface area contributed by atoms with Gasteiger partial charge in [-0.25, -0.2) is 0 Å². The molecular weight excluding hydrogens is 273 g/mol. The molecule has 2 rings (SSSR count). The lowest BCUT2D eigenvalue weighted by Crippen LogP contribution is -2.49. The Morgan fingerprint density at radius 2 is 2.33 bits per heavy atom. The Morgan fingerprint density at radius 3 is 3.06 bits per heavy atom. The maximum Gasteiger partial charge on any atom is 0.255 e. The van der Waals surface area contributed by atoms with Crippen LogP contribution in [0.4, 0.5) is 0 Å². The number of halogens is 2. The Hall–Kier alpha value is -0.770. The summed E-state index contributed by atoms with van der Waals surface area (Å²) in [6.07, 6.45) is 0. The van der Waals surface area contributed by atoms with Crippen molar-refractivity contribution in [3.05, 3.63) is 34.3 Å². The van der Waals surface area contributed by atoms with E-state index in [1.165, 1.54) is 0 Å². The van der Waals surface area contributed by atoms with E-state index in [4.69, 9.17) is 27.9 Å². The third kappa shape index (κ3) is 2.63. The molecule has 1 saturated heterocycles. The molecule has 0 bridgehead atoms. The first-order chi connectivity index (χ1) is 8.65. The van der Waals surface area contributed by atoms with Gasteiger partial charge in [0.15, 0.2) is 0 Å². The Bertz CT molecular complexity index is 451. The van der Waals surface area contributed by atoms with E-state index in [9.17, 15) is 4.79 Å². The molecule has 0 saturated carbocycles. The van der Waals surface area contributed by atoms with Crippen LogP contribution < -0.4 is 0 Å². The van der Waals surface area contributed by atoms with Gasteiger partial charge in [0.05, 0.1) is 29.8 Å². The van der Waals surface area contributed by atoms with Crippen LogP contribution in [0.5, 0.6) is 0 Å². The number of hydrogen-bond donors (Lipinski definition) is 0. The largest absolute Gasteiger partial charge is 0.377 e. The highest BCUT2D eigenvalue weighted by molar-refractivity contribution is 6.34. The van der Waals surface area contributed by atoms with Gasteiger partial charge in [-0.15, -0.1) is 11.6 Å². The maximum atomic E-state index is 12.5. The number of nitrogens with zero attached hydrogens (tertiary/aromatic N) is 1. The standard InChI is InChI=1S/C13H15Cl2NO2/c1-9-3-2-4-11(12(9)15)13(17)16-5-6-18-8-10(16)7-14/h2-4,10H,5-8H2,1H3. The molecule has 0 N–H and O–H groups in total. The second-order valence-electron chi connectivity index (χ2n) is 4.32. The SMILES string of the molecule is Cc1cccc(C(=O)N2CCOCC2CCl)c1Cl. The van der Waals surface area contributed by atoms with Crippen molar-refractivity contribution in [3.63, 3.8) is 0 Å². The summed E-state index contributed by atoms with van der Waals surface area (Å²) in [5.41, 5.74) is 1.44. The van der Waals surface area contributed by atoms with Gasteiger partial charge >= 0.3 is 0 Å². The Balaban J connectivity index is 2.27. The lowest BCUT2D eigenvalue weighted by molar-refractivity contribution is 0.00457. The van der Waals surface area contributed by atoms with E-state index >= 15 is 0 Å². The van der Waals surface area contributed by atoms with E-state index in [-0.39, 0.29) is 11.9 Å². The van der Waals surface area contributed by atoms with Crippen LogP contribution in [0, 0.1) is 6.92 Å². The summed E-state index contributed by atoms with van der Waals surface area (Å²) in [4.78, 5) is 14.2. The molecule has 3 nitrogen and oxygen atoms in total. The molecular formula is C13H15Cl2NO2. The number of hydrogen-bond acceptors (Lipinski definition) is 2. The average Bonchev–Trinajstić information content (AvgIpc) is 2.41. The van der Waals surface area contributed by atoms with Crippen LogP contribution in [0.1, 0.15) is 15.9 Å². The lowest BCUT2D eigenvalue weighted by atomic mass is 10.1. The van der Waals surface area contributed by atoms with Crippen LogP contribution in [0.2, 0.25) is 5.02 Å². The van der Waals surface area contributed by atoms with E-state index in [1.54, 1.807) is 11.0 Å². The highest BCUT2D eigenvalue weighted by Gasteiger charge is 2.28. The zero-order valence-corrected chi connectivity index (χ0v) is 11.7. The molecule has 1 aliphatic rings. The number of alkyl halides is 1. The van der Waals surface area contributed by atoms with Gasteiger partial charge in [-0.3, -0.25) is 4.79 Å². The zero-order chi connectivity index (χ0) is 13.1. The fourth-order valence-corrected chi connectivity index (χ4v) is 2.48. The molecule has 1 fully saturated rings. The van der Waals surface area contributed by atoms with Crippen molar-refractivity contribution in [2.45, 2.75) is 13.0 Å². The molecule has 1 aliphatic heterocycles. The van der Waals surface area contributed by atoms with Crippen LogP contribution in [-0.2, 0) is 4.74 Å². The quantitative estimate of drug-likeness (QED) is 0.783. The fourth-order valence-electron chi connectivity index (χ4n) is 2.02. The molecule has 0 aromatic heterocycles. The number of amides is 1. The third-order valence-corrected chi connectivity index (χ3v) is 3.95. The molecule has 1 amide bonds. The summed E-state index contributed by atoms with van der Waals surface area (Å²) in [6, 6.07) is 5.39. The van der Waals surface area contributed by atoms with Crippen molar-refractivity contribution in [3.8, 4) is 0 Å². The number of morpholine rings is 1. The first-order valence-electron chi connectivity index (χ1n) is 5.85. The highest BCUT2D eigenvalue weighted by atomic mass is 35.5. The van der Waals surface area contributed by atoms with Gasteiger partial charge in [0, 0.05) is 12.4 Å². The minimum atomic E-state index is -0.0792. The van der Waals surface area contributed by atoms with Crippen LogP contribution in [0.3, 0.4) is 0 Å². The Labute approximate surface area is 117 Å². The van der Waals surface area contributed by atoms with Crippen LogP contribution in [0.25, 0.3) is 0 Å². The summed E-state index contributed by atoms with van der Waals surface area (Å²) in [6.45, 7) is 3.47. The molecule has 1 atom stereocenters. The average molecular weight is 288 g/mol. The summed E-state index contributed by atoms with van der Waals surface area (Å²) in [5, 5.41) is 0.516. The molecule has 18 heavy (non-hydrogen) atoms. The van der Waals surface area contributed by atoms with E-state index in [0.29, 0.717) is 36.2 Å². The van der Waals surface area contributed by atoms with Gasteiger partial charge in [-0.2, -0.15) is 0 Å². The van der Waals surface area contributed by atoms with Gasteiger partial charge in [0.1, 0.15) is 0 Å².